The molecule has 0 fully saturated rings. The molecule has 1 rings (SSSR count). The fourth-order valence-electron chi connectivity index (χ4n) is 1.80. The van der Waals surface area contributed by atoms with Crippen molar-refractivity contribution >= 4 is 11.8 Å². The van der Waals surface area contributed by atoms with Crippen LogP contribution in [0.1, 0.15) is 51.3 Å². The van der Waals surface area contributed by atoms with E-state index in [1.807, 2.05) is 11.8 Å². The Bertz CT molecular complexity index is 341. The second-order valence-corrected chi connectivity index (χ2v) is 6.82. The molecule has 0 radical (unpaired) electrons. The largest absolute Gasteiger partial charge is 0.271 e. The van der Waals surface area contributed by atoms with E-state index in [9.17, 15) is 0 Å². The highest BCUT2D eigenvalue weighted by molar-refractivity contribution is 7.99. The molecule has 0 aliphatic rings. The molecule has 0 aliphatic heterocycles. The van der Waals surface area contributed by atoms with Crippen LogP contribution in [0.4, 0.5) is 0 Å². The Labute approximate surface area is 116 Å². The van der Waals surface area contributed by atoms with Crippen LogP contribution in [-0.4, -0.2) is 11.5 Å². The molecule has 1 atom stereocenters. The summed E-state index contributed by atoms with van der Waals surface area (Å²) < 4.78 is 0. The smallest absolute Gasteiger partial charge is 0.0550 e. The molecule has 3 heteroatoms. The number of hydrogen-bond donors (Lipinski definition) is 2. The fraction of sp³-hybridized carbons (Fsp3) is 0.600. The summed E-state index contributed by atoms with van der Waals surface area (Å²) in [6, 6.07) is 9.05. The molecule has 0 saturated heterocycles. The van der Waals surface area contributed by atoms with Gasteiger partial charge in [-0.1, -0.05) is 52.0 Å². The molecule has 0 aromatic heterocycles. The van der Waals surface area contributed by atoms with Crippen LogP contribution in [0.5, 0.6) is 0 Å². The van der Waals surface area contributed by atoms with Crippen molar-refractivity contribution in [1.82, 2.24) is 5.43 Å². The van der Waals surface area contributed by atoms with E-state index in [0.717, 1.165) is 5.75 Å². The second kappa shape index (κ2) is 7.17. The number of rotatable bonds is 6. The Morgan fingerprint density at radius 1 is 1.22 bits per heavy atom. The van der Waals surface area contributed by atoms with Crippen molar-refractivity contribution in [2.75, 3.05) is 11.5 Å². The monoisotopic (exact) mass is 266 g/mol. The second-order valence-electron chi connectivity index (χ2n) is 5.67. The van der Waals surface area contributed by atoms with Gasteiger partial charge in [0.15, 0.2) is 0 Å². The third-order valence-corrected chi connectivity index (χ3v) is 4.28. The summed E-state index contributed by atoms with van der Waals surface area (Å²) in [5.74, 6) is 7.87. The lowest BCUT2D eigenvalue weighted by molar-refractivity contribution is 0.585. The summed E-state index contributed by atoms with van der Waals surface area (Å²) in [6.07, 6.45) is 1.21. The first-order chi connectivity index (χ1) is 8.49. The van der Waals surface area contributed by atoms with Gasteiger partial charge in [0.2, 0.25) is 0 Å². The lowest BCUT2D eigenvalue weighted by atomic mass is 9.86. The van der Waals surface area contributed by atoms with Crippen molar-refractivity contribution in [2.45, 2.75) is 45.6 Å². The van der Waals surface area contributed by atoms with Gasteiger partial charge in [-0.15, -0.1) is 0 Å². The fourth-order valence-corrected chi connectivity index (χ4v) is 2.78. The van der Waals surface area contributed by atoms with E-state index in [0.29, 0.717) is 0 Å². The summed E-state index contributed by atoms with van der Waals surface area (Å²) in [7, 11) is 0. The minimum atomic E-state index is 0.209. The van der Waals surface area contributed by atoms with Crippen molar-refractivity contribution in [3.8, 4) is 0 Å². The molecule has 0 spiro atoms. The maximum absolute atomic E-state index is 5.65. The summed E-state index contributed by atoms with van der Waals surface area (Å²) in [4.78, 5) is 0. The zero-order valence-electron chi connectivity index (χ0n) is 12.0. The number of nitrogens with one attached hydrogen (secondary N) is 1. The van der Waals surface area contributed by atoms with Crippen molar-refractivity contribution in [3.63, 3.8) is 0 Å². The van der Waals surface area contributed by atoms with Crippen molar-refractivity contribution < 1.29 is 0 Å². The van der Waals surface area contributed by atoms with E-state index in [1.54, 1.807) is 0 Å². The van der Waals surface area contributed by atoms with Crippen LogP contribution in [0.25, 0.3) is 0 Å². The standard InChI is InChI=1S/C15H26N2S/c1-5-10-18-11-14(17-16)12-6-8-13(9-7-12)15(2,3)4/h6-9,14,17H,5,10-11,16H2,1-4H3. The zero-order chi connectivity index (χ0) is 13.6. The highest BCUT2D eigenvalue weighted by Crippen LogP contribution is 2.25. The Hall–Kier alpha value is -0.510. The van der Waals surface area contributed by atoms with Gasteiger partial charge in [-0.25, -0.2) is 0 Å². The van der Waals surface area contributed by atoms with Gasteiger partial charge in [0.1, 0.15) is 0 Å². The predicted octanol–water partition coefficient (Wildman–Crippen LogP) is 3.63. The maximum Gasteiger partial charge on any atom is 0.0550 e. The van der Waals surface area contributed by atoms with Gasteiger partial charge in [-0.3, -0.25) is 11.3 Å². The van der Waals surface area contributed by atoms with E-state index in [-0.39, 0.29) is 11.5 Å². The molecule has 0 amide bonds. The predicted molar refractivity (Wildman–Crippen MR) is 82.8 cm³/mol. The van der Waals surface area contributed by atoms with Crippen LogP contribution in [0.2, 0.25) is 0 Å². The van der Waals surface area contributed by atoms with Crippen molar-refractivity contribution in [3.05, 3.63) is 35.4 Å². The first-order valence-corrected chi connectivity index (χ1v) is 7.78. The van der Waals surface area contributed by atoms with Gasteiger partial charge in [-0.05, 0) is 28.7 Å². The van der Waals surface area contributed by atoms with Crippen LogP contribution in [-0.2, 0) is 5.41 Å². The molecule has 0 aliphatic carbocycles. The van der Waals surface area contributed by atoms with Gasteiger partial charge in [0.25, 0.3) is 0 Å². The molecule has 1 aromatic carbocycles. The topological polar surface area (TPSA) is 38.0 Å². The van der Waals surface area contributed by atoms with E-state index in [2.05, 4.69) is 57.4 Å². The molecule has 102 valence electrons. The third-order valence-electron chi connectivity index (χ3n) is 3.01. The number of thioether (sulfide) groups is 1. The summed E-state index contributed by atoms with van der Waals surface area (Å²) in [5, 5.41) is 0. The van der Waals surface area contributed by atoms with Gasteiger partial charge < -0.3 is 0 Å². The zero-order valence-corrected chi connectivity index (χ0v) is 12.8. The van der Waals surface area contributed by atoms with Gasteiger partial charge >= 0.3 is 0 Å². The first-order valence-electron chi connectivity index (χ1n) is 6.63. The average molecular weight is 266 g/mol. The minimum absolute atomic E-state index is 0.209. The lowest BCUT2D eigenvalue weighted by Gasteiger charge is -2.21. The van der Waals surface area contributed by atoms with Gasteiger partial charge in [-0.2, -0.15) is 11.8 Å². The maximum atomic E-state index is 5.65. The SMILES string of the molecule is CCCSCC(NN)c1ccc(C(C)(C)C)cc1. The van der Waals surface area contributed by atoms with Crippen LogP contribution in [0.3, 0.4) is 0 Å². The first kappa shape index (κ1) is 15.5. The Balaban J connectivity index is 2.69. The molecule has 1 aromatic rings. The number of nitrogens with two attached hydrogens (primary N) is 1. The quantitative estimate of drug-likeness (QED) is 0.469. The highest BCUT2D eigenvalue weighted by atomic mass is 32.2. The average Bonchev–Trinajstić information content (AvgIpc) is 2.34. The van der Waals surface area contributed by atoms with E-state index >= 15 is 0 Å². The van der Waals surface area contributed by atoms with E-state index < -0.39 is 0 Å². The van der Waals surface area contributed by atoms with Gasteiger partial charge in [0, 0.05) is 5.75 Å². The van der Waals surface area contributed by atoms with E-state index in [1.165, 1.54) is 23.3 Å². The van der Waals surface area contributed by atoms with Crippen LogP contribution in [0.15, 0.2) is 24.3 Å². The normalized spacial score (nSPS) is 13.6. The Morgan fingerprint density at radius 2 is 1.83 bits per heavy atom. The molecule has 1 unspecified atom stereocenters. The van der Waals surface area contributed by atoms with Crippen LogP contribution >= 0.6 is 11.8 Å². The van der Waals surface area contributed by atoms with Gasteiger partial charge in [0.05, 0.1) is 6.04 Å². The molecule has 0 bridgehead atoms. The molecule has 2 nitrogen and oxygen atoms in total. The number of hydrogen-bond acceptors (Lipinski definition) is 3. The Kier molecular flexibility index (Phi) is 6.19. The molecule has 0 saturated carbocycles. The van der Waals surface area contributed by atoms with Crippen LogP contribution in [0, 0.1) is 0 Å². The Morgan fingerprint density at radius 3 is 2.28 bits per heavy atom. The van der Waals surface area contributed by atoms with Crippen molar-refractivity contribution in [1.29, 1.82) is 0 Å². The summed E-state index contributed by atoms with van der Waals surface area (Å²) >= 11 is 1.95. The number of hydrazine groups is 1. The van der Waals surface area contributed by atoms with Crippen molar-refractivity contribution in [2.24, 2.45) is 5.84 Å². The number of benzene rings is 1. The third kappa shape index (κ3) is 4.63. The molecule has 0 heterocycles. The highest BCUT2D eigenvalue weighted by Gasteiger charge is 2.15. The van der Waals surface area contributed by atoms with Crippen LogP contribution < -0.4 is 11.3 Å². The molecule has 18 heavy (non-hydrogen) atoms. The minimum Gasteiger partial charge on any atom is -0.271 e. The summed E-state index contributed by atoms with van der Waals surface area (Å²) in [6.45, 7) is 8.91. The molecule has 3 N–H and O–H groups in total. The van der Waals surface area contributed by atoms with E-state index in [4.69, 9.17) is 5.84 Å². The summed E-state index contributed by atoms with van der Waals surface area (Å²) in [5.41, 5.74) is 5.76. The molecular weight excluding hydrogens is 240 g/mol. The lowest BCUT2D eigenvalue weighted by Crippen LogP contribution is -2.29. The molecular formula is C15H26N2S.